The number of nitrogens with one attached hydrogen (secondary N) is 1. The zero-order chi connectivity index (χ0) is 14.5. The molecule has 1 atom stereocenters. The van der Waals surface area contributed by atoms with Gasteiger partial charge in [-0.15, -0.1) is 5.10 Å². The molecule has 0 radical (unpaired) electrons. The van der Waals surface area contributed by atoms with Crippen molar-refractivity contribution in [3.63, 3.8) is 0 Å². The molecule has 21 heavy (non-hydrogen) atoms. The first kappa shape index (κ1) is 13.8. The molecule has 1 aromatic carbocycles. The Hall–Kier alpha value is -2.12. The molecule has 2 aromatic rings. The maximum Gasteiger partial charge on any atom is 0.161 e. The van der Waals surface area contributed by atoms with Crippen LogP contribution in [0, 0.1) is 0 Å². The van der Waals surface area contributed by atoms with Crippen LogP contribution in [0.4, 0.5) is 0 Å². The Kier molecular flexibility index (Phi) is 4.32. The minimum Gasteiger partial charge on any atom is -0.486 e. The predicted octanol–water partition coefficient (Wildman–Crippen LogP) is 0.200. The molecule has 0 amide bonds. The van der Waals surface area contributed by atoms with E-state index < -0.39 is 0 Å². The average Bonchev–Trinajstić information content (AvgIpc) is 2.95. The highest BCUT2D eigenvalue weighted by molar-refractivity contribution is 5.40. The molecule has 0 saturated heterocycles. The fourth-order valence-electron chi connectivity index (χ4n) is 2.16. The maximum atomic E-state index is 8.82. The van der Waals surface area contributed by atoms with E-state index in [-0.39, 0.29) is 12.7 Å². The van der Waals surface area contributed by atoms with Crippen LogP contribution >= 0.6 is 0 Å². The van der Waals surface area contributed by atoms with Crippen LogP contribution in [0.2, 0.25) is 0 Å². The van der Waals surface area contributed by atoms with Crippen molar-refractivity contribution in [3.8, 4) is 11.5 Å². The monoisotopic (exact) mass is 290 g/mol. The molecule has 1 aromatic heterocycles. The summed E-state index contributed by atoms with van der Waals surface area (Å²) >= 11 is 0. The largest absolute Gasteiger partial charge is 0.486 e. The van der Waals surface area contributed by atoms with E-state index in [4.69, 9.17) is 14.6 Å². The lowest BCUT2D eigenvalue weighted by molar-refractivity contribution is 0.0901. The van der Waals surface area contributed by atoms with Gasteiger partial charge in [0.25, 0.3) is 0 Å². The Bertz CT molecular complexity index is 587. The van der Waals surface area contributed by atoms with Crippen molar-refractivity contribution >= 4 is 0 Å². The summed E-state index contributed by atoms with van der Waals surface area (Å²) in [5.74, 6) is 1.57. The van der Waals surface area contributed by atoms with Crippen molar-refractivity contribution in [3.05, 3.63) is 36.2 Å². The van der Waals surface area contributed by atoms with Crippen LogP contribution in [0.15, 0.2) is 30.5 Å². The van der Waals surface area contributed by atoms with Crippen LogP contribution in [0.1, 0.15) is 5.69 Å². The minimum atomic E-state index is -0.0209. The van der Waals surface area contributed by atoms with E-state index >= 15 is 0 Å². The number of rotatable bonds is 6. The van der Waals surface area contributed by atoms with Crippen LogP contribution < -0.4 is 14.8 Å². The third kappa shape index (κ3) is 3.50. The summed E-state index contributed by atoms with van der Waals surface area (Å²) in [6, 6.07) is 7.66. The number of aliphatic hydroxyl groups excluding tert-OH is 1. The second kappa shape index (κ2) is 6.55. The average molecular weight is 290 g/mol. The molecular formula is C14H18N4O3. The van der Waals surface area contributed by atoms with Crippen LogP contribution in [-0.2, 0) is 13.1 Å². The molecule has 7 nitrogen and oxygen atoms in total. The summed E-state index contributed by atoms with van der Waals surface area (Å²) in [5.41, 5.74) is 0.834. The number of hydrogen-bond donors (Lipinski definition) is 2. The summed E-state index contributed by atoms with van der Waals surface area (Å²) < 4.78 is 13.1. The van der Waals surface area contributed by atoms with E-state index in [1.54, 1.807) is 4.68 Å². The SMILES string of the molecule is OCCn1cc(CNCC2COc3ccccc3O2)nn1. The molecule has 0 bridgehead atoms. The van der Waals surface area contributed by atoms with E-state index in [2.05, 4.69) is 15.6 Å². The summed E-state index contributed by atoms with van der Waals surface area (Å²) in [5, 5.41) is 20.0. The molecule has 0 spiro atoms. The van der Waals surface area contributed by atoms with Gasteiger partial charge < -0.3 is 19.9 Å². The second-order valence-electron chi connectivity index (χ2n) is 4.83. The van der Waals surface area contributed by atoms with Gasteiger partial charge in [-0.25, -0.2) is 4.68 Å². The number of aromatic nitrogens is 3. The Morgan fingerprint density at radius 2 is 2.19 bits per heavy atom. The van der Waals surface area contributed by atoms with Crippen LogP contribution in [0.25, 0.3) is 0 Å². The molecule has 112 valence electrons. The molecular weight excluding hydrogens is 272 g/mol. The lowest BCUT2D eigenvalue weighted by Crippen LogP contribution is -2.38. The number of nitrogens with zero attached hydrogens (tertiary/aromatic N) is 3. The smallest absolute Gasteiger partial charge is 0.161 e. The van der Waals surface area contributed by atoms with Crippen LogP contribution in [0.5, 0.6) is 11.5 Å². The highest BCUT2D eigenvalue weighted by Crippen LogP contribution is 2.30. The third-order valence-electron chi connectivity index (χ3n) is 3.16. The Morgan fingerprint density at radius 3 is 3.05 bits per heavy atom. The third-order valence-corrected chi connectivity index (χ3v) is 3.16. The van der Waals surface area contributed by atoms with Gasteiger partial charge in [-0.1, -0.05) is 17.3 Å². The van der Waals surface area contributed by atoms with Gasteiger partial charge in [0.1, 0.15) is 12.7 Å². The zero-order valence-corrected chi connectivity index (χ0v) is 11.6. The highest BCUT2D eigenvalue weighted by Gasteiger charge is 2.20. The molecule has 2 N–H and O–H groups in total. The van der Waals surface area contributed by atoms with E-state index in [1.807, 2.05) is 30.5 Å². The Labute approximate surface area is 122 Å². The van der Waals surface area contributed by atoms with Gasteiger partial charge in [0.15, 0.2) is 11.5 Å². The van der Waals surface area contributed by atoms with Crippen molar-refractivity contribution in [2.75, 3.05) is 19.8 Å². The molecule has 1 unspecified atom stereocenters. The standard InChI is InChI=1S/C14H18N4O3/c19-6-5-18-9-11(16-17-18)7-15-8-12-10-20-13-3-1-2-4-14(13)21-12/h1-4,9,12,15,19H,5-8,10H2. The molecule has 1 aliphatic heterocycles. The molecule has 0 saturated carbocycles. The summed E-state index contributed by atoms with van der Waals surface area (Å²) in [4.78, 5) is 0. The van der Waals surface area contributed by atoms with Crippen LogP contribution in [-0.4, -0.2) is 46.0 Å². The van der Waals surface area contributed by atoms with Gasteiger partial charge in [-0.05, 0) is 12.1 Å². The zero-order valence-electron chi connectivity index (χ0n) is 11.6. The molecule has 2 heterocycles. The van der Waals surface area contributed by atoms with Gasteiger partial charge in [0, 0.05) is 19.3 Å². The lowest BCUT2D eigenvalue weighted by Gasteiger charge is -2.26. The molecule has 3 rings (SSSR count). The maximum absolute atomic E-state index is 8.82. The molecule has 0 fully saturated rings. The first-order valence-electron chi connectivity index (χ1n) is 6.94. The molecule has 1 aliphatic rings. The van der Waals surface area contributed by atoms with Crippen molar-refractivity contribution < 1.29 is 14.6 Å². The molecule has 7 heteroatoms. The lowest BCUT2D eigenvalue weighted by atomic mass is 10.2. The summed E-state index contributed by atoms with van der Waals surface area (Å²) in [6.45, 7) is 2.32. The quantitative estimate of drug-likeness (QED) is 0.791. The summed E-state index contributed by atoms with van der Waals surface area (Å²) in [7, 11) is 0. The number of fused-ring (bicyclic) bond motifs is 1. The summed E-state index contributed by atoms with van der Waals surface area (Å²) in [6.07, 6.45) is 1.80. The van der Waals surface area contributed by atoms with Crippen molar-refractivity contribution in [2.24, 2.45) is 0 Å². The van der Waals surface area contributed by atoms with E-state index in [0.29, 0.717) is 26.2 Å². The first-order valence-corrected chi connectivity index (χ1v) is 6.94. The van der Waals surface area contributed by atoms with Gasteiger partial charge in [-0.3, -0.25) is 0 Å². The van der Waals surface area contributed by atoms with Crippen molar-refractivity contribution in [1.82, 2.24) is 20.3 Å². The predicted molar refractivity (Wildman–Crippen MR) is 75.2 cm³/mol. The van der Waals surface area contributed by atoms with Gasteiger partial charge in [0.2, 0.25) is 0 Å². The van der Waals surface area contributed by atoms with E-state index in [0.717, 1.165) is 17.2 Å². The Balaban J connectivity index is 1.46. The van der Waals surface area contributed by atoms with E-state index in [1.165, 1.54) is 0 Å². The number of ether oxygens (including phenoxy) is 2. The highest BCUT2D eigenvalue weighted by atomic mass is 16.6. The number of hydrogen-bond acceptors (Lipinski definition) is 6. The van der Waals surface area contributed by atoms with Crippen molar-refractivity contribution in [1.29, 1.82) is 0 Å². The van der Waals surface area contributed by atoms with Gasteiger partial charge in [0.05, 0.1) is 18.8 Å². The first-order chi connectivity index (χ1) is 10.3. The fraction of sp³-hybridized carbons (Fsp3) is 0.429. The Morgan fingerprint density at radius 1 is 1.33 bits per heavy atom. The van der Waals surface area contributed by atoms with Gasteiger partial charge in [-0.2, -0.15) is 0 Å². The number of benzene rings is 1. The topological polar surface area (TPSA) is 81.4 Å². The van der Waals surface area contributed by atoms with Crippen LogP contribution in [0.3, 0.4) is 0 Å². The minimum absolute atomic E-state index is 0.0209. The second-order valence-corrected chi connectivity index (χ2v) is 4.83. The fourth-order valence-corrected chi connectivity index (χ4v) is 2.16. The molecule has 0 aliphatic carbocycles. The van der Waals surface area contributed by atoms with E-state index in [9.17, 15) is 0 Å². The number of aliphatic hydroxyl groups is 1. The van der Waals surface area contributed by atoms with Gasteiger partial charge >= 0.3 is 0 Å². The normalized spacial score (nSPS) is 16.9. The van der Waals surface area contributed by atoms with Crippen molar-refractivity contribution in [2.45, 2.75) is 19.2 Å². The number of para-hydroxylation sites is 2.